The van der Waals surface area contributed by atoms with Gasteiger partial charge < -0.3 is 20.1 Å². The minimum Gasteiger partial charge on any atom is -0.454 e. The smallest absolute Gasteiger partial charge is 0.410 e. The lowest BCUT2D eigenvalue weighted by molar-refractivity contribution is -0.173. The van der Waals surface area contributed by atoms with Crippen molar-refractivity contribution in [1.29, 1.82) is 0 Å². The number of fused-ring (bicyclic) bond motifs is 2. The molecule has 33 heavy (non-hydrogen) atoms. The molecule has 2 atom stereocenters. The number of benzene rings is 2. The van der Waals surface area contributed by atoms with E-state index in [-0.39, 0.29) is 31.3 Å². The van der Waals surface area contributed by atoms with Crippen LogP contribution in [0.3, 0.4) is 0 Å². The van der Waals surface area contributed by atoms with E-state index in [9.17, 15) is 18.0 Å². The van der Waals surface area contributed by atoms with E-state index in [0.29, 0.717) is 11.5 Å². The Morgan fingerprint density at radius 2 is 1.91 bits per heavy atom. The highest BCUT2D eigenvalue weighted by atomic mass is 19.4. The lowest BCUT2D eigenvalue weighted by Gasteiger charge is -2.33. The van der Waals surface area contributed by atoms with Gasteiger partial charge in [-0.3, -0.25) is 4.79 Å². The summed E-state index contributed by atoms with van der Waals surface area (Å²) in [6.45, 7) is 2.22. The zero-order valence-electron chi connectivity index (χ0n) is 17.6. The maximum Gasteiger partial charge on any atom is 0.410 e. The highest BCUT2D eigenvalue weighted by Gasteiger charge is 2.46. The monoisotopic (exact) mass is 458 g/mol. The number of aromatic nitrogens is 2. The molecule has 0 aliphatic carbocycles. The van der Waals surface area contributed by atoms with Gasteiger partial charge in [-0.15, -0.1) is 0 Å². The van der Waals surface area contributed by atoms with Gasteiger partial charge in [0.2, 0.25) is 6.79 Å². The van der Waals surface area contributed by atoms with Crippen LogP contribution in [0.4, 0.5) is 19.0 Å². The molecular weight excluding hydrogens is 437 g/mol. The molecule has 10 heteroatoms. The number of hydrogen-bond donors (Lipinski definition) is 2. The lowest BCUT2D eigenvalue weighted by atomic mass is 9.96. The number of carbonyl (C=O) groups excluding carboxylic acids is 1. The van der Waals surface area contributed by atoms with Gasteiger partial charge in [-0.1, -0.05) is 35.9 Å². The molecular formula is C23H21F3N4O3. The topological polar surface area (TPSA) is 77.4 Å². The van der Waals surface area contributed by atoms with E-state index in [1.807, 2.05) is 31.2 Å². The first-order chi connectivity index (χ1) is 15.8. The van der Waals surface area contributed by atoms with Gasteiger partial charge in [-0.2, -0.15) is 18.3 Å². The van der Waals surface area contributed by atoms with Crippen molar-refractivity contribution in [2.24, 2.45) is 0 Å². The molecule has 1 amide bonds. The van der Waals surface area contributed by atoms with Crippen LogP contribution >= 0.6 is 0 Å². The number of alkyl halides is 3. The van der Waals surface area contributed by atoms with Crippen LogP contribution in [0.2, 0.25) is 0 Å². The molecule has 0 bridgehead atoms. The highest BCUT2D eigenvalue weighted by molar-refractivity contribution is 5.93. The largest absolute Gasteiger partial charge is 0.454 e. The maximum atomic E-state index is 13.9. The standard InChI is InChI=1S/C23H21F3N4O3/c1-13-2-5-15(6-3-13)16-9-20(23(24,25)26)30-21(28-16)10-17(29-30)22(31)27-11-14-4-7-18-19(8-14)33-12-32-18/h2-8,10,16,20,28H,9,11-12H2,1H3,(H,27,31). The Bertz CT molecular complexity index is 1190. The van der Waals surface area contributed by atoms with Gasteiger partial charge in [-0.25, -0.2) is 4.68 Å². The quantitative estimate of drug-likeness (QED) is 0.602. The van der Waals surface area contributed by atoms with Gasteiger partial charge in [-0.05, 0) is 30.2 Å². The fourth-order valence-electron chi connectivity index (χ4n) is 4.03. The van der Waals surface area contributed by atoms with Crippen molar-refractivity contribution in [2.45, 2.75) is 38.1 Å². The van der Waals surface area contributed by atoms with Crippen LogP contribution in [0.5, 0.6) is 11.5 Å². The Hall–Kier alpha value is -3.69. The Morgan fingerprint density at radius 3 is 2.67 bits per heavy atom. The normalized spacial score (nSPS) is 19.0. The molecule has 172 valence electrons. The SMILES string of the molecule is Cc1ccc(C2CC(C(F)(F)F)n3nc(C(=O)NCc4ccc5c(c4)OCO5)cc3N2)cc1. The predicted molar refractivity (Wildman–Crippen MR) is 113 cm³/mol. The third-order valence-electron chi connectivity index (χ3n) is 5.79. The fraction of sp³-hybridized carbons (Fsp3) is 0.304. The Morgan fingerprint density at radius 1 is 1.15 bits per heavy atom. The molecule has 2 aliphatic heterocycles. The molecule has 2 N–H and O–H groups in total. The van der Waals surface area contributed by atoms with E-state index in [0.717, 1.165) is 21.4 Å². The molecule has 0 saturated carbocycles. The predicted octanol–water partition coefficient (Wildman–Crippen LogP) is 4.51. The van der Waals surface area contributed by atoms with Crippen LogP contribution in [-0.4, -0.2) is 28.7 Å². The summed E-state index contributed by atoms with van der Waals surface area (Å²) in [4.78, 5) is 12.7. The van der Waals surface area contributed by atoms with Crippen LogP contribution in [0.1, 0.15) is 45.7 Å². The minimum atomic E-state index is -4.51. The van der Waals surface area contributed by atoms with Crippen LogP contribution < -0.4 is 20.1 Å². The minimum absolute atomic E-state index is 0.0861. The van der Waals surface area contributed by atoms with Crippen molar-refractivity contribution >= 4 is 11.7 Å². The van der Waals surface area contributed by atoms with Crippen LogP contribution in [0, 0.1) is 6.92 Å². The van der Waals surface area contributed by atoms with E-state index in [1.165, 1.54) is 6.07 Å². The van der Waals surface area contributed by atoms with Gasteiger partial charge in [0.25, 0.3) is 5.91 Å². The molecule has 3 heterocycles. The first-order valence-corrected chi connectivity index (χ1v) is 10.4. The molecule has 0 spiro atoms. The van der Waals surface area contributed by atoms with E-state index >= 15 is 0 Å². The van der Waals surface area contributed by atoms with E-state index in [4.69, 9.17) is 9.47 Å². The summed E-state index contributed by atoms with van der Waals surface area (Å²) in [6, 6.07) is 11.6. The van der Waals surface area contributed by atoms with Crippen LogP contribution in [0.15, 0.2) is 48.5 Å². The van der Waals surface area contributed by atoms with Crippen LogP contribution in [0.25, 0.3) is 0 Å². The third kappa shape index (κ3) is 4.20. The van der Waals surface area contributed by atoms with Crippen molar-refractivity contribution < 1.29 is 27.4 Å². The molecule has 3 aromatic rings. The second kappa shape index (κ2) is 8.02. The van der Waals surface area contributed by atoms with Gasteiger partial charge in [0.05, 0.1) is 6.04 Å². The molecule has 2 aromatic carbocycles. The summed E-state index contributed by atoms with van der Waals surface area (Å²) in [6.07, 6.45) is -4.73. The van der Waals surface area contributed by atoms with Crippen molar-refractivity contribution in [2.75, 3.05) is 12.1 Å². The summed E-state index contributed by atoms with van der Waals surface area (Å²) in [5.41, 5.74) is 2.45. The summed E-state index contributed by atoms with van der Waals surface area (Å²) >= 11 is 0. The van der Waals surface area contributed by atoms with Gasteiger partial charge in [0.1, 0.15) is 5.82 Å². The molecule has 0 saturated heterocycles. The maximum absolute atomic E-state index is 13.9. The summed E-state index contributed by atoms with van der Waals surface area (Å²) in [5, 5.41) is 9.79. The number of aryl methyl sites for hydroxylation is 1. The average Bonchev–Trinajstić information content (AvgIpc) is 3.43. The Labute approximate surface area is 187 Å². The van der Waals surface area contributed by atoms with E-state index in [1.54, 1.807) is 18.2 Å². The average molecular weight is 458 g/mol. The van der Waals surface area contributed by atoms with Gasteiger partial charge in [0, 0.05) is 19.0 Å². The number of carbonyl (C=O) groups is 1. The number of nitrogens with one attached hydrogen (secondary N) is 2. The summed E-state index contributed by atoms with van der Waals surface area (Å²) in [5.74, 6) is 0.796. The van der Waals surface area contributed by atoms with Crippen LogP contribution in [-0.2, 0) is 6.54 Å². The van der Waals surface area contributed by atoms with E-state index < -0.39 is 24.2 Å². The summed E-state index contributed by atoms with van der Waals surface area (Å²) in [7, 11) is 0. The molecule has 7 nitrogen and oxygen atoms in total. The van der Waals surface area contributed by atoms with E-state index in [2.05, 4.69) is 15.7 Å². The number of hydrogen-bond acceptors (Lipinski definition) is 5. The van der Waals surface area contributed by atoms with Crippen molar-refractivity contribution in [3.05, 3.63) is 70.9 Å². The number of rotatable bonds is 4. The van der Waals surface area contributed by atoms with Crippen molar-refractivity contribution in [3.63, 3.8) is 0 Å². The number of amides is 1. The molecule has 5 rings (SSSR count). The zero-order chi connectivity index (χ0) is 23.2. The molecule has 2 unspecified atom stereocenters. The van der Waals surface area contributed by atoms with Gasteiger partial charge >= 0.3 is 6.18 Å². The third-order valence-corrected chi connectivity index (χ3v) is 5.79. The second-order valence-corrected chi connectivity index (χ2v) is 8.13. The number of ether oxygens (including phenoxy) is 2. The highest BCUT2D eigenvalue weighted by Crippen LogP contribution is 2.43. The first kappa shape index (κ1) is 21.2. The molecule has 0 radical (unpaired) electrons. The summed E-state index contributed by atoms with van der Waals surface area (Å²) < 4.78 is 53.0. The number of nitrogens with zero attached hydrogens (tertiary/aromatic N) is 2. The molecule has 0 fully saturated rings. The fourth-order valence-corrected chi connectivity index (χ4v) is 4.03. The second-order valence-electron chi connectivity index (χ2n) is 8.13. The molecule has 2 aliphatic rings. The van der Waals surface area contributed by atoms with Gasteiger partial charge in [0.15, 0.2) is 23.2 Å². The lowest BCUT2D eigenvalue weighted by Crippen LogP contribution is -2.35. The number of halogens is 3. The Balaban J connectivity index is 1.35. The van der Waals surface area contributed by atoms with Crippen molar-refractivity contribution in [3.8, 4) is 11.5 Å². The van der Waals surface area contributed by atoms with Crippen molar-refractivity contribution in [1.82, 2.24) is 15.1 Å². The number of anilines is 1. The molecule has 1 aromatic heterocycles. The first-order valence-electron chi connectivity index (χ1n) is 10.4. The zero-order valence-corrected chi connectivity index (χ0v) is 17.6. The Kier molecular flexibility index (Phi) is 5.15.